The van der Waals surface area contributed by atoms with Gasteiger partial charge in [-0.1, -0.05) is 13.3 Å². The number of anilines is 1. The number of nitrogens with zero attached hydrogens (tertiary/aromatic N) is 4. The number of likely N-dealkylation sites (N-methyl/N-ethyl adjacent to an activating group) is 1. The molecule has 1 aromatic heterocycles. The number of aliphatic hydroxyl groups excluding tert-OH is 1. The zero-order valence-electron chi connectivity index (χ0n) is 12.4. The Morgan fingerprint density at radius 2 is 2.25 bits per heavy atom. The molecule has 0 fully saturated rings. The van der Waals surface area contributed by atoms with E-state index in [-0.39, 0.29) is 18.8 Å². The molecule has 1 heterocycles. The van der Waals surface area contributed by atoms with Gasteiger partial charge >= 0.3 is 5.69 Å². The van der Waals surface area contributed by atoms with Crippen molar-refractivity contribution in [1.29, 1.82) is 0 Å². The minimum Gasteiger partial charge on any atom is -0.389 e. The first-order chi connectivity index (χ1) is 9.42. The molecule has 0 aromatic carbocycles. The van der Waals surface area contributed by atoms with E-state index in [9.17, 15) is 15.2 Å². The molecule has 0 spiro atoms. The van der Waals surface area contributed by atoms with E-state index in [1.54, 1.807) is 19.0 Å². The molecule has 1 N–H and O–H groups in total. The zero-order valence-corrected chi connectivity index (χ0v) is 12.4. The van der Waals surface area contributed by atoms with Crippen molar-refractivity contribution in [1.82, 2.24) is 9.78 Å². The van der Waals surface area contributed by atoms with Gasteiger partial charge in [0.1, 0.15) is 5.69 Å². The molecule has 1 unspecified atom stereocenters. The number of nitro groups is 1. The Bertz CT molecular complexity index is 461. The first-order valence-electron chi connectivity index (χ1n) is 6.50. The van der Waals surface area contributed by atoms with Gasteiger partial charge in [-0.15, -0.1) is 0 Å². The van der Waals surface area contributed by atoms with Crippen molar-refractivity contribution >= 4 is 11.5 Å². The van der Waals surface area contributed by atoms with E-state index in [0.717, 1.165) is 6.42 Å². The highest BCUT2D eigenvalue weighted by atomic mass is 16.6. The van der Waals surface area contributed by atoms with Crippen molar-refractivity contribution in [2.24, 2.45) is 7.05 Å². The molecule has 0 aliphatic carbocycles. The second-order valence-electron chi connectivity index (χ2n) is 4.74. The SMILES string of the molecule is CCCc1nn(C)c(N(C)CC(O)COC)c1[N+](=O)[O-]. The average Bonchev–Trinajstić information content (AvgIpc) is 2.66. The van der Waals surface area contributed by atoms with Gasteiger partial charge < -0.3 is 14.7 Å². The summed E-state index contributed by atoms with van der Waals surface area (Å²) in [7, 11) is 4.86. The van der Waals surface area contributed by atoms with Crippen LogP contribution >= 0.6 is 0 Å². The van der Waals surface area contributed by atoms with Crippen molar-refractivity contribution in [3.05, 3.63) is 15.8 Å². The number of aryl methyl sites for hydroxylation is 2. The van der Waals surface area contributed by atoms with E-state index in [4.69, 9.17) is 4.74 Å². The summed E-state index contributed by atoms with van der Waals surface area (Å²) in [6, 6.07) is 0. The molecule has 0 bridgehead atoms. The predicted molar refractivity (Wildman–Crippen MR) is 75.0 cm³/mol. The van der Waals surface area contributed by atoms with Crippen molar-refractivity contribution in [3.8, 4) is 0 Å². The number of ether oxygens (including phenoxy) is 1. The highest BCUT2D eigenvalue weighted by molar-refractivity contribution is 5.61. The van der Waals surface area contributed by atoms with Gasteiger partial charge in [0.05, 0.1) is 17.6 Å². The smallest absolute Gasteiger partial charge is 0.334 e. The largest absolute Gasteiger partial charge is 0.389 e. The third-order valence-electron chi connectivity index (χ3n) is 2.94. The Labute approximate surface area is 118 Å². The van der Waals surface area contributed by atoms with Crippen LogP contribution in [0.4, 0.5) is 11.5 Å². The fourth-order valence-corrected chi connectivity index (χ4v) is 2.23. The molecule has 0 aliphatic heterocycles. The number of aromatic nitrogens is 2. The van der Waals surface area contributed by atoms with Gasteiger partial charge in [0, 0.05) is 27.7 Å². The fourth-order valence-electron chi connectivity index (χ4n) is 2.23. The van der Waals surface area contributed by atoms with Crippen LogP contribution in [-0.2, 0) is 18.2 Å². The lowest BCUT2D eigenvalue weighted by Crippen LogP contribution is -2.33. The van der Waals surface area contributed by atoms with Crippen molar-refractivity contribution in [2.75, 3.05) is 32.2 Å². The molecule has 0 radical (unpaired) electrons. The molecule has 8 heteroatoms. The molecule has 8 nitrogen and oxygen atoms in total. The Balaban J connectivity index is 3.06. The van der Waals surface area contributed by atoms with Crippen molar-refractivity contribution in [3.63, 3.8) is 0 Å². The lowest BCUT2D eigenvalue weighted by molar-refractivity contribution is -0.384. The van der Waals surface area contributed by atoms with Crippen LogP contribution in [0, 0.1) is 10.1 Å². The molecular weight excluding hydrogens is 264 g/mol. The Hall–Kier alpha value is -1.67. The van der Waals surface area contributed by atoms with Crippen LogP contribution in [0.5, 0.6) is 0 Å². The van der Waals surface area contributed by atoms with Gasteiger partial charge in [-0.3, -0.25) is 10.1 Å². The molecule has 0 saturated heterocycles. The van der Waals surface area contributed by atoms with Gasteiger partial charge in [-0.2, -0.15) is 5.10 Å². The van der Waals surface area contributed by atoms with E-state index in [0.29, 0.717) is 17.9 Å². The summed E-state index contributed by atoms with van der Waals surface area (Å²) in [5, 5.41) is 25.2. The highest BCUT2D eigenvalue weighted by Gasteiger charge is 2.29. The molecule has 0 saturated carbocycles. The molecule has 114 valence electrons. The van der Waals surface area contributed by atoms with Gasteiger partial charge in [0.25, 0.3) is 0 Å². The maximum absolute atomic E-state index is 11.3. The van der Waals surface area contributed by atoms with Crippen LogP contribution in [0.2, 0.25) is 0 Å². The van der Waals surface area contributed by atoms with Gasteiger partial charge in [-0.05, 0) is 6.42 Å². The maximum atomic E-state index is 11.3. The van der Waals surface area contributed by atoms with Crippen LogP contribution in [0.25, 0.3) is 0 Å². The minimum absolute atomic E-state index is 0.0152. The first-order valence-corrected chi connectivity index (χ1v) is 6.50. The third kappa shape index (κ3) is 3.67. The molecule has 20 heavy (non-hydrogen) atoms. The number of hydrogen-bond donors (Lipinski definition) is 1. The van der Waals surface area contributed by atoms with Crippen LogP contribution in [-0.4, -0.2) is 53.2 Å². The van der Waals surface area contributed by atoms with E-state index in [1.807, 2.05) is 6.92 Å². The number of rotatable bonds is 8. The molecule has 0 aliphatic rings. The Morgan fingerprint density at radius 3 is 2.75 bits per heavy atom. The van der Waals surface area contributed by atoms with Gasteiger partial charge in [0.2, 0.25) is 5.82 Å². The normalized spacial score (nSPS) is 12.4. The standard InChI is InChI=1S/C12H22N4O4/c1-5-6-10-11(16(18)19)12(15(3)13-10)14(2)7-9(17)8-20-4/h9,17H,5-8H2,1-4H3. The van der Waals surface area contributed by atoms with E-state index >= 15 is 0 Å². The van der Waals surface area contributed by atoms with E-state index in [1.165, 1.54) is 11.8 Å². The summed E-state index contributed by atoms with van der Waals surface area (Å²) in [5.41, 5.74) is 0.490. The van der Waals surface area contributed by atoms with Gasteiger partial charge in [0.15, 0.2) is 0 Å². The maximum Gasteiger partial charge on any atom is 0.334 e. The second-order valence-corrected chi connectivity index (χ2v) is 4.74. The fraction of sp³-hybridized carbons (Fsp3) is 0.750. The molecule has 1 aromatic rings. The number of methoxy groups -OCH3 is 1. The quantitative estimate of drug-likeness (QED) is 0.559. The zero-order chi connectivity index (χ0) is 15.3. The van der Waals surface area contributed by atoms with Crippen LogP contribution in [0.3, 0.4) is 0 Å². The summed E-state index contributed by atoms with van der Waals surface area (Å²) in [5.74, 6) is 0.397. The lowest BCUT2D eigenvalue weighted by Gasteiger charge is -2.21. The second kappa shape index (κ2) is 7.20. The minimum atomic E-state index is -0.714. The summed E-state index contributed by atoms with van der Waals surface area (Å²) < 4.78 is 6.35. The van der Waals surface area contributed by atoms with Crippen molar-refractivity contribution in [2.45, 2.75) is 25.9 Å². The van der Waals surface area contributed by atoms with Crippen LogP contribution < -0.4 is 4.90 Å². The Kier molecular flexibility index (Phi) is 5.90. The van der Waals surface area contributed by atoms with Crippen LogP contribution in [0.15, 0.2) is 0 Å². The molecular formula is C12H22N4O4. The Morgan fingerprint density at radius 1 is 1.60 bits per heavy atom. The van der Waals surface area contributed by atoms with E-state index < -0.39 is 11.0 Å². The predicted octanol–water partition coefficient (Wildman–Crippen LogP) is 0.724. The number of hydrogen-bond acceptors (Lipinski definition) is 6. The van der Waals surface area contributed by atoms with Crippen LogP contribution in [0.1, 0.15) is 19.0 Å². The molecule has 0 amide bonds. The third-order valence-corrected chi connectivity index (χ3v) is 2.94. The number of aliphatic hydroxyl groups is 1. The summed E-state index contributed by atoms with van der Waals surface area (Å²) in [6.07, 6.45) is 0.625. The first kappa shape index (κ1) is 16.4. The van der Waals surface area contributed by atoms with Gasteiger partial charge in [-0.25, -0.2) is 4.68 Å². The average molecular weight is 286 g/mol. The summed E-state index contributed by atoms with van der Waals surface area (Å²) in [4.78, 5) is 12.5. The summed E-state index contributed by atoms with van der Waals surface area (Å²) >= 11 is 0. The monoisotopic (exact) mass is 286 g/mol. The topological polar surface area (TPSA) is 93.7 Å². The lowest BCUT2D eigenvalue weighted by atomic mass is 10.2. The summed E-state index contributed by atoms with van der Waals surface area (Å²) in [6.45, 7) is 2.36. The molecule has 1 atom stereocenters. The highest BCUT2D eigenvalue weighted by Crippen LogP contribution is 2.31. The molecule has 1 rings (SSSR count). The van der Waals surface area contributed by atoms with E-state index in [2.05, 4.69) is 5.10 Å². The van der Waals surface area contributed by atoms with Crippen molar-refractivity contribution < 1.29 is 14.8 Å².